The van der Waals surface area contributed by atoms with E-state index in [0.29, 0.717) is 13.1 Å². The maximum atomic E-state index is 12.7. The Labute approximate surface area is 173 Å². The molecular weight excluding hydrogens is 392 g/mol. The molecule has 2 fully saturated rings. The molecule has 0 aromatic heterocycles. The summed E-state index contributed by atoms with van der Waals surface area (Å²) < 4.78 is 32.0. The first kappa shape index (κ1) is 21.8. The number of carbonyl (C=O) groups excluding carboxylic acids is 2. The third-order valence-electron chi connectivity index (χ3n) is 5.85. The standard InChI is InChI=1S/C21H30N2O5S/c1-16-7-6-8-17(2)23(16)20(24)15-28-21(25)18-9-11-19(12-10-18)29(26,27)22-13-4-3-5-14-22/h9-12,16-17H,3-8,13-15H2,1-2H3. The van der Waals surface area contributed by atoms with Crippen LogP contribution in [0.2, 0.25) is 0 Å². The second kappa shape index (κ2) is 9.26. The van der Waals surface area contributed by atoms with E-state index in [2.05, 4.69) is 0 Å². The number of hydrogen-bond donors (Lipinski definition) is 0. The number of piperidine rings is 2. The first-order valence-electron chi connectivity index (χ1n) is 10.4. The Bertz CT molecular complexity index is 821. The molecule has 2 aliphatic rings. The Morgan fingerprint density at radius 2 is 1.55 bits per heavy atom. The number of rotatable bonds is 5. The highest BCUT2D eigenvalue weighted by Gasteiger charge is 2.30. The van der Waals surface area contributed by atoms with Gasteiger partial charge in [0.25, 0.3) is 5.91 Å². The molecule has 0 aliphatic carbocycles. The van der Waals surface area contributed by atoms with Gasteiger partial charge in [-0.05, 0) is 70.2 Å². The van der Waals surface area contributed by atoms with Crippen LogP contribution >= 0.6 is 0 Å². The quantitative estimate of drug-likeness (QED) is 0.682. The molecule has 1 aromatic carbocycles. The minimum absolute atomic E-state index is 0.143. The van der Waals surface area contributed by atoms with Gasteiger partial charge in [-0.2, -0.15) is 4.31 Å². The van der Waals surface area contributed by atoms with E-state index >= 15 is 0 Å². The Kier molecular flexibility index (Phi) is 6.95. The number of benzene rings is 1. The third-order valence-corrected chi connectivity index (χ3v) is 7.76. The molecule has 2 atom stereocenters. The van der Waals surface area contributed by atoms with Gasteiger partial charge >= 0.3 is 5.97 Å². The first-order chi connectivity index (χ1) is 13.8. The third kappa shape index (κ3) is 4.98. The minimum atomic E-state index is -3.54. The second-order valence-corrected chi connectivity index (χ2v) is 9.93. The fourth-order valence-corrected chi connectivity index (χ4v) is 5.73. The molecule has 2 saturated heterocycles. The normalized spacial score (nSPS) is 23.6. The number of sulfonamides is 1. The number of hydrogen-bond acceptors (Lipinski definition) is 5. The van der Waals surface area contributed by atoms with Crippen LogP contribution < -0.4 is 0 Å². The van der Waals surface area contributed by atoms with Gasteiger partial charge in [-0.1, -0.05) is 6.42 Å². The van der Waals surface area contributed by atoms with Crippen LogP contribution in [-0.2, 0) is 19.6 Å². The maximum Gasteiger partial charge on any atom is 0.338 e. The van der Waals surface area contributed by atoms with Crippen LogP contribution in [0.1, 0.15) is 62.7 Å². The van der Waals surface area contributed by atoms with Crippen LogP contribution in [0.3, 0.4) is 0 Å². The van der Waals surface area contributed by atoms with E-state index in [4.69, 9.17) is 4.74 Å². The van der Waals surface area contributed by atoms with Gasteiger partial charge in [0.05, 0.1) is 10.5 Å². The van der Waals surface area contributed by atoms with Gasteiger partial charge in [0.15, 0.2) is 6.61 Å². The predicted octanol–water partition coefficient (Wildman–Crippen LogP) is 2.81. The number of ether oxygens (including phenoxy) is 1. The van der Waals surface area contributed by atoms with Crippen molar-refractivity contribution in [2.45, 2.75) is 69.4 Å². The molecular formula is C21H30N2O5S. The summed E-state index contributed by atoms with van der Waals surface area (Å²) in [7, 11) is -3.54. The molecule has 1 amide bonds. The lowest BCUT2D eigenvalue weighted by Crippen LogP contribution is -2.49. The van der Waals surface area contributed by atoms with Crippen LogP contribution in [-0.4, -0.2) is 61.3 Å². The Hall–Kier alpha value is -1.93. The monoisotopic (exact) mass is 422 g/mol. The van der Waals surface area contributed by atoms with Gasteiger partial charge in [-0.15, -0.1) is 0 Å². The van der Waals surface area contributed by atoms with E-state index in [1.54, 1.807) is 4.90 Å². The molecule has 7 nitrogen and oxygen atoms in total. The molecule has 0 bridgehead atoms. The summed E-state index contributed by atoms with van der Waals surface area (Å²) >= 11 is 0. The van der Waals surface area contributed by atoms with Gasteiger partial charge in [0, 0.05) is 25.2 Å². The van der Waals surface area contributed by atoms with Crippen molar-refractivity contribution in [3.8, 4) is 0 Å². The van der Waals surface area contributed by atoms with Crippen molar-refractivity contribution in [1.82, 2.24) is 9.21 Å². The Morgan fingerprint density at radius 3 is 2.14 bits per heavy atom. The lowest BCUT2D eigenvalue weighted by molar-refractivity contribution is -0.140. The summed E-state index contributed by atoms with van der Waals surface area (Å²) in [6.45, 7) is 4.78. The van der Waals surface area contributed by atoms with Gasteiger partial charge < -0.3 is 9.64 Å². The summed E-state index contributed by atoms with van der Waals surface area (Å²) in [6, 6.07) is 6.02. The number of carbonyl (C=O) groups is 2. The second-order valence-electron chi connectivity index (χ2n) is 8.00. The maximum absolute atomic E-state index is 12.7. The van der Waals surface area contributed by atoms with Gasteiger partial charge in [-0.25, -0.2) is 13.2 Å². The van der Waals surface area contributed by atoms with Crippen LogP contribution in [0, 0.1) is 0 Å². The molecule has 1 aromatic rings. The van der Waals surface area contributed by atoms with E-state index in [1.807, 2.05) is 13.8 Å². The lowest BCUT2D eigenvalue weighted by Gasteiger charge is -2.38. The van der Waals surface area contributed by atoms with Gasteiger partial charge in [0.1, 0.15) is 0 Å². The summed E-state index contributed by atoms with van der Waals surface area (Å²) in [5, 5.41) is 0. The highest BCUT2D eigenvalue weighted by Crippen LogP contribution is 2.23. The first-order valence-corrected chi connectivity index (χ1v) is 11.8. The SMILES string of the molecule is CC1CCCC(C)N1C(=O)COC(=O)c1ccc(S(=O)(=O)N2CCCCC2)cc1. The predicted molar refractivity (Wildman–Crippen MR) is 109 cm³/mol. The minimum Gasteiger partial charge on any atom is -0.452 e. The molecule has 0 saturated carbocycles. The smallest absolute Gasteiger partial charge is 0.338 e. The van der Waals surface area contributed by atoms with Crippen molar-refractivity contribution < 1.29 is 22.7 Å². The zero-order chi connectivity index (χ0) is 21.0. The fraction of sp³-hybridized carbons (Fsp3) is 0.619. The molecule has 3 rings (SSSR count). The zero-order valence-electron chi connectivity index (χ0n) is 17.2. The van der Waals surface area contributed by atoms with Crippen LogP contribution in [0.5, 0.6) is 0 Å². The molecule has 2 unspecified atom stereocenters. The van der Waals surface area contributed by atoms with Gasteiger partial charge in [-0.3, -0.25) is 4.79 Å². The highest BCUT2D eigenvalue weighted by molar-refractivity contribution is 7.89. The summed E-state index contributed by atoms with van der Waals surface area (Å²) in [5.41, 5.74) is 0.232. The van der Waals surface area contributed by atoms with Crippen molar-refractivity contribution in [1.29, 1.82) is 0 Å². The van der Waals surface area contributed by atoms with Crippen LogP contribution in [0.15, 0.2) is 29.2 Å². The van der Waals surface area contributed by atoms with E-state index in [1.165, 1.54) is 28.6 Å². The number of esters is 1. The Balaban J connectivity index is 1.59. The van der Waals surface area contributed by atoms with E-state index in [0.717, 1.165) is 38.5 Å². The van der Waals surface area contributed by atoms with Crippen molar-refractivity contribution in [3.05, 3.63) is 29.8 Å². The van der Waals surface area contributed by atoms with Crippen LogP contribution in [0.4, 0.5) is 0 Å². The Morgan fingerprint density at radius 1 is 0.966 bits per heavy atom. The van der Waals surface area contributed by atoms with Crippen molar-refractivity contribution in [3.63, 3.8) is 0 Å². The molecule has 0 radical (unpaired) electrons. The lowest BCUT2D eigenvalue weighted by atomic mass is 9.97. The molecule has 29 heavy (non-hydrogen) atoms. The van der Waals surface area contributed by atoms with Gasteiger partial charge in [0.2, 0.25) is 10.0 Å². The zero-order valence-corrected chi connectivity index (χ0v) is 18.0. The van der Waals surface area contributed by atoms with E-state index in [-0.39, 0.29) is 35.1 Å². The summed E-state index contributed by atoms with van der Waals surface area (Å²) in [4.78, 5) is 26.8. The number of nitrogens with zero attached hydrogens (tertiary/aromatic N) is 2. The van der Waals surface area contributed by atoms with Crippen LogP contribution in [0.25, 0.3) is 0 Å². The average molecular weight is 423 g/mol. The summed E-state index contributed by atoms with van der Waals surface area (Å²) in [6.07, 6.45) is 5.79. The molecule has 2 aliphatic heterocycles. The summed E-state index contributed by atoms with van der Waals surface area (Å²) in [5.74, 6) is -0.820. The molecule has 0 N–H and O–H groups in total. The number of likely N-dealkylation sites (tertiary alicyclic amines) is 1. The molecule has 8 heteroatoms. The van der Waals surface area contributed by atoms with Crippen molar-refractivity contribution in [2.24, 2.45) is 0 Å². The average Bonchev–Trinajstić information content (AvgIpc) is 2.72. The largest absolute Gasteiger partial charge is 0.452 e. The van der Waals surface area contributed by atoms with Crippen molar-refractivity contribution >= 4 is 21.9 Å². The molecule has 0 spiro atoms. The number of amides is 1. The molecule has 160 valence electrons. The molecule has 2 heterocycles. The fourth-order valence-electron chi connectivity index (χ4n) is 4.22. The van der Waals surface area contributed by atoms with Crippen molar-refractivity contribution in [2.75, 3.05) is 19.7 Å². The topological polar surface area (TPSA) is 84.0 Å². The van der Waals surface area contributed by atoms with E-state index in [9.17, 15) is 18.0 Å². The van der Waals surface area contributed by atoms with E-state index < -0.39 is 16.0 Å². The highest BCUT2D eigenvalue weighted by atomic mass is 32.2.